The molecule has 0 amide bonds. The Hall–Kier alpha value is -0.820. The smallest absolute Gasteiger partial charge is 0.0603 e. The highest BCUT2D eigenvalue weighted by atomic mass is 16.3. The quantitative estimate of drug-likeness (QED) is 0.623. The predicted molar refractivity (Wildman–Crippen MR) is 58.6 cm³/mol. The maximum Gasteiger partial charge on any atom is 0.0603 e. The molecule has 0 aliphatic heterocycles. The summed E-state index contributed by atoms with van der Waals surface area (Å²) in [6.07, 6.45) is 9.03. The Labute approximate surface area is 81.5 Å². The largest absolute Gasteiger partial charge is 0.393 e. The van der Waals surface area contributed by atoms with E-state index >= 15 is 0 Å². The normalized spacial score (nSPS) is 18.1. The van der Waals surface area contributed by atoms with Gasteiger partial charge in [-0.2, -0.15) is 0 Å². The van der Waals surface area contributed by atoms with E-state index in [1.54, 1.807) is 0 Å². The first-order valence-electron chi connectivity index (χ1n) is 4.64. The van der Waals surface area contributed by atoms with Crippen molar-refractivity contribution in [1.82, 2.24) is 0 Å². The van der Waals surface area contributed by atoms with Crippen LogP contribution in [0, 0.1) is 5.41 Å². The summed E-state index contributed by atoms with van der Waals surface area (Å²) in [6.45, 7) is 11.2. The summed E-state index contributed by atoms with van der Waals surface area (Å²) < 4.78 is 0. The van der Waals surface area contributed by atoms with E-state index in [-0.39, 0.29) is 11.5 Å². The fourth-order valence-corrected chi connectivity index (χ4v) is 1.12. The van der Waals surface area contributed by atoms with Crippen LogP contribution < -0.4 is 0 Å². The summed E-state index contributed by atoms with van der Waals surface area (Å²) in [5.41, 5.74) is -0.190. The standard InChI is InChI=1S/C12H20O/c1-5-7-8-10-12(4,9-6-2)11(3)13/h5-6,8,10-11,13H,1-2,7,9H2,3-4H3. The van der Waals surface area contributed by atoms with Gasteiger partial charge in [0, 0.05) is 5.41 Å². The molecule has 2 unspecified atom stereocenters. The molecular formula is C12H20O. The van der Waals surface area contributed by atoms with Crippen molar-refractivity contribution in [3.05, 3.63) is 37.5 Å². The van der Waals surface area contributed by atoms with Crippen molar-refractivity contribution in [2.45, 2.75) is 32.8 Å². The molecule has 1 heteroatoms. The van der Waals surface area contributed by atoms with Crippen molar-refractivity contribution in [1.29, 1.82) is 0 Å². The van der Waals surface area contributed by atoms with E-state index in [9.17, 15) is 5.11 Å². The monoisotopic (exact) mass is 180 g/mol. The van der Waals surface area contributed by atoms with Gasteiger partial charge in [0.05, 0.1) is 6.10 Å². The molecule has 13 heavy (non-hydrogen) atoms. The minimum atomic E-state index is -0.355. The zero-order valence-corrected chi connectivity index (χ0v) is 8.66. The maximum atomic E-state index is 9.58. The van der Waals surface area contributed by atoms with Crippen molar-refractivity contribution < 1.29 is 5.11 Å². The average molecular weight is 180 g/mol. The highest BCUT2D eigenvalue weighted by molar-refractivity contribution is 5.04. The van der Waals surface area contributed by atoms with Crippen LogP contribution in [0.25, 0.3) is 0 Å². The molecule has 0 radical (unpaired) electrons. The average Bonchev–Trinajstić information content (AvgIpc) is 2.05. The molecule has 2 atom stereocenters. The van der Waals surface area contributed by atoms with E-state index in [0.717, 1.165) is 12.8 Å². The zero-order valence-electron chi connectivity index (χ0n) is 8.66. The van der Waals surface area contributed by atoms with Crippen LogP contribution in [-0.4, -0.2) is 11.2 Å². The lowest BCUT2D eigenvalue weighted by atomic mass is 9.81. The second-order valence-electron chi connectivity index (χ2n) is 3.60. The fraction of sp³-hybridized carbons (Fsp3) is 0.500. The molecule has 0 fully saturated rings. The third-order valence-corrected chi connectivity index (χ3v) is 2.34. The molecule has 0 saturated carbocycles. The number of hydrogen-bond acceptors (Lipinski definition) is 1. The Morgan fingerprint density at radius 3 is 2.38 bits per heavy atom. The lowest BCUT2D eigenvalue weighted by Gasteiger charge is -2.27. The topological polar surface area (TPSA) is 20.2 Å². The van der Waals surface area contributed by atoms with E-state index in [0.29, 0.717) is 0 Å². The summed E-state index contributed by atoms with van der Waals surface area (Å²) in [4.78, 5) is 0. The van der Waals surface area contributed by atoms with Crippen LogP contribution in [0.15, 0.2) is 37.5 Å². The summed E-state index contributed by atoms with van der Waals surface area (Å²) in [6, 6.07) is 0. The molecule has 0 saturated heterocycles. The summed E-state index contributed by atoms with van der Waals surface area (Å²) >= 11 is 0. The second kappa shape index (κ2) is 5.76. The number of aliphatic hydroxyl groups is 1. The van der Waals surface area contributed by atoms with Gasteiger partial charge < -0.3 is 5.11 Å². The van der Waals surface area contributed by atoms with Gasteiger partial charge >= 0.3 is 0 Å². The Balaban J connectivity index is 4.39. The molecule has 1 N–H and O–H groups in total. The molecule has 0 spiro atoms. The van der Waals surface area contributed by atoms with Gasteiger partial charge in [-0.25, -0.2) is 0 Å². The van der Waals surface area contributed by atoms with Crippen molar-refractivity contribution in [2.75, 3.05) is 0 Å². The van der Waals surface area contributed by atoms with Crippen LogP contribution in [0.4, 0.5) is 0 Å². The Bertz CT molecular complexity index is 191. The van der Waals surface area contributed by atoms with Crippen LogP contribution in [0.3, 0.4) is 0 Å². The molecule has 74 valence electrons. The zero-order chi connectivity index (χ0) is 10.3. The first-order valence-corrected chi connectivity index (χ1v) is 4.64. The van der Waals surface area contributed by atoms with Crippen LogP contribution >= 0.6 is 0 Å². The minimum absolute atomic E-state index is 0.190. The van der Waals surface area contributed by atoms with Gasteiger partial charge in [-0.05, 0) is 19.8 Å². The van der Waals surface area contributed by atoms with Crippen LogP contribution in [0.2, 0.25) is 0 Å². The molecule has 0 rings (SSSR count). The maximum absolute atomic E-state index is 9.58. The van der Waals surface area contributed by atoms with Crippen molar-refractivity contribution in [3.63, 3.8) is 0 Å². The van der Waals surface area contributed by atoms with Crippen molar-refractivity contribution in [2.24, 2.45) is 5.41 Å². The van der Waals surface area contributed by atoms with Gasteiger partial charge in [0.2, 0.25) is 0 Å². The molecule has 0 heterocycles. The van der Waals surface area contributed by atoms with E-state index in [1.807, 2.05) is 38.2 Å². The van der Waals surface area contributed by atoms with E-state index < -0.39 is 0 Å². The molecule has 0 aliphatic carbocycles. The molecule has 0 aromatic rings. The third kappa shape index (κ3) is 4.09. The predicted octanol–water partition coefficient (Wildman–Crippen LogP) is 3.08. The first-order chi connectivity index (χ1) is 6.06. The van der Waals surface area contributed by atoms with Gasteiger partial charge in [-0.3, -0.25) is 0 Å². The van der Waals surface area contributed by atoms with E-state index in [1.165, 1.54) is 0 Å². The van der Waals surface area contributed by atoms with Crippen molar-refractivity contribution in [3.8, 4) is 0 Å². The van der Waals surface area contributed by atoms with E-state index in [4.69, 9.17) is 0 Å². The van der Waals surface area contributed by atoms with Crippen LogP contribution in [0.5, 0.6) is 0 Å². The van der Waals surface area contributed by atoms with Gasteiger partial charge in [-0.15, -0.1) is 13.2 Å². The molecule has 0 aromatic carbocycles. The number of hydrogen-bond donors (Lipinski definition) is 1. The summed E-state index contributed by atoms with van der Waals surface area (Å²) in [7, 11) is 0. The second-order valence-corrected chi connectivity index (χ2v) is 3.60. The molecule has 0 aromatic heterocycles. The Morgan fingerprint density at radius 2 is 2.00 bits per heavy atom. The molecule has 0 aliphatic rings. The van der Waals surface area contributed by atoms with Gasteiger partial charge in [0.1, 0.15) is 0 Å². The molecular weight excluding hydrogens is 160 g/mol. The van der Waals surface area contributed by atoms with Crippen LogP contribution in [-0.2, 0) is 0 Å². The highest BCUT2D eigenvalue weighted by Crippen LogP contribution is 2.28. The van der Waals surface area contributed by atoms with E-state index in [2.05, 4.69) is 13.2 Å². The third-order valence-electron chi connectivity index (χ3n) is 2.34. The fourth-order valence-electron chi connectivity index (χ4n) is 1.12. The summed E-state index contributed by atoms with van der Waals surface area (Å²) in [5.74, 6) is 0. The first kappa shape index (κ1) is 12.2. The van der Waals surface area contributed by atoms with Crippen molar-refractivity contribution >= 4 is 0 Å². The Kier molecular flexibility index (Phi) is 5.40. The lowest BCUT2D eigenvalue weighted by molar-refractivity contribution is 0.0889. The Morgan fingerprint density at radius 1 is 1.38 bits per heavy atom. The van der Waals surface area contributed by atoms with Gasteiger partial charge in [-0.1, -0.05) is 31.2 Å². The van der Waals surface area contributed by atoms with Crippen LogP contribution in [0.1, 0.15) is 26.7 Å². The SMILES string of the molecule is C=CCC=CC(C)(CC=C)C(C)O. The molecule has 0 bridgehead atoms. The number of aliphatic hydroxyl groups excluding tert-OH is 1. The van der Waals surface area contributed by atoms with Gasteiger partial charge in [0.25, 0.3) is 0 Å². The lowest BCUT2D eigenvalue weighted by Crippen LogP contribution is -2.26. The minimum Gasteiger partial charge on any atom is -0.393 e. The van der Waals surface area contributed by atoms with Gasteiger partial charge in [0.15, 0.2) is 0 Å². The summed E-state index contributed by atoms with van der Waals surface area (Å²) in [5, 5.41) is 9.58. The number of allylic oxidation sites excluding steroid dienone is 3. The number of rotatable bonds is 6. The highest BCUT2D eigenvalue weighted by Gasteiger charge is 2.24. The molecule has 1 nitrogen and oxygen atoms in total.